The van der Waals surface area contributed by atoms with Gasteiger partial charge in [-0.1, -0.05) is 6.07 Å². The van der Waals surface area contributed by atoms with Crippen molar-refractivity contribution in [3.8, 4) is 12.1 Å². The number of fused-ring (bicyclic) bond motifs is 4. The molecule has 2 aromatic rings. The maximum atomic E-state index is 12.1. The molecule has 3 heterocycles. The van der Waals surface area contributed by atoms with Crippen molar-refractivity contribution in [2.45, 2.75) is 18.9 Å². The van der Waals surface area contributed by atoms with E-state index < -0.39 is 5.23 Å². The molecular weight excluding hydrogens is 346 g/mol. The lowest BCUT2D eigenvalue weighted by Gasteiger charge is -2.44. The normalized spacial score (nSPS) is 21.7. The molecule has 136 valence electrons. The number of quaternary nitrogens is 1. The summed E-state index contributed by atoms with van der Waals surface area (Å²) in [5, 5.41) is 38.7. The highest BCUT2D eigenvalue weighted by Gasteiger charge is 2.36. The van der Waals surface area contributed by atoms with E-state index in [-0.39, 0.29) is 34.2 Å². The van der Waals surface area contributed by atoms with Crippen molar-refractivity contribution in [3.05, 3.63) is 62.7 Å². The van der Waals surface area contributed by atoms with Crippen molar-refractivity contribution in [3.63, 3.8) is 0 Å². The van der Waals surface area contributed by atoms with Crippen LogP contribution < -0.4 is 15.7 Å². The predicted octanol–water partition coefficient (Wildman–Crippen LogP) is 0.619. The average Bonchev–Trinajstić information content (AvgIpc) is 2.67. The molecule has 8 heteroatoms. The molecule has 1 aromatic heterocycles. The fraction of sp³-hybridized carbons (Fsp3) is 0.316. The van der Waals surface area contributed by atoms with E-state index in [1.165, 1.54) is 12.1 Å². The summed E-state index contributed by atoms with van der Waals surface area (Å²) in [4.78, 5) is 14.1. The maximum Gasteiger partial charge on any atom is 0.250 e. The molecule has 2 N–H and O–H groups in total. The Morgan fingerprint density at radius 1 is 1.15 bits per heavy atom. The van der Waals surface area contributed by atoms with E-state index in [2.05, 4.69) is 0 Å². The smallest absolute Gasteiger partial charge is 0.250 e. The van der Waals surface area contributed by atoms with Crippen molar-refractivity contribution in [2.24, 2.45) is 5.92 Å². The van der Waals surface area contributed by atoms with Crippen LogP contribution >= 0.6 is 0 Å². The second-order valence-corrected chi connectivity index (χ2v) is 7.05. The zero-order valence-electron chi connectivity index (χ0n) is 14.4. The minimum absolute atomic E-state index is 0.00739. The zero-order valence-corrected chi connectivity index (χ0v) is 14.4. The van der Waals surface area contributed by atoms with Crippen LogP contribution in [0.4, 0.5) is 11.4 Å². The first-order chi connectivity index (χ1) is 13.0. The van der Waals surface area contributed by atoms with E-state index in [4.69, 9.17) is 0 Å². The van der Waals surface area contributed by atoms with Gasteiger partial charge in [0.1, 0.15) is 17.8 Å². The van der Waals surface area contributed by atoms with Gasteiger partial charge in [-0.2, -0.15) is 15.8 Å². The molecule has 0 spiro atoms. The molecule has 2 aliphatic rings. The van der Waals surface area contributed by atoms with E-state index in [0.717, 1.165) is 12.1 Å². The topological polar surface area (TPSA) is 121 Å². The van der Waals surface area contributed by atoms with Crippen molar-refractivity contribution < 1.29 is 10.4 Å². The summed E-state index contributed by atoms with van der Waals surface area (Å²) in [5.74, 6) is 0.341. The van der Waals surface area contributed by atoms with Gasteiger partial charge in [0, 0.05) is 43.4 Å². The Kier molecular flexibility index (Phi) is 4.17. The quantitative estimate of drug-likeness (QED) is 0.755. The second kappa shape index (κ2) is 6.53. The molecule has 0 aliphatic carbocycles. The zero-order chi connectivity index (χ0) is 19.1. The van der Waals surface area contributed by atoms with Crippen LogP contribution in [0, 0.1) is 33.8 Å². The van der Waals surface area contributed by atoms with E-state index in [1.54, 1.807) is 12.1 Å². The van der Waals surface area contributed by atoms with Crippen LogP contribution in [0.2, 0.25) is 0 Å². The fourth-order valence-electron chi connectivity index (χ4n) is 4.30. The molecule has 8 nitrogen and oxygen atoms in total. The van der Waals surface area contributed by atoms with Crippen molar-refractivity contribution in [1.82, 2.24) is 4.57 Å². The number of nitrogens with one attached hydrogen (secondary N) is 1. The van der Waals surface area contributed by atoms with Crippen LogP contribution in [-0.2, 0) is 6.54 Å². The molecule has 0 saturated carbocycles. The summed E-state index contributed by atoms with van der Waals surface area (Å²) in [6, 6.07) is 11.9. The van der Waals surface area contributed by atoms with Gasteiger partial charge < -0.3 is 14.7 Å². The first kappa shape index (κ1) is 17.3. The third-order valence-electron chi connectivity index (χ3n) is 5.43. The highest BCUT2D eigenvalue weighted by atomic mass is 16.8. The van der Waals surface area contributed by atoms with Crippen LogP contribution in [-0.4, -0.2) is 22.9 Å². The van der Waals surface area contributed by atoms with Gasteiger partial charge in [-0.25, -0.2) is 5.21 Å². The van der Waals surface area contributed by atoms with Gasteiger partial charge in [0.25, 0.3) is 5.56 Å². The number of anilines is 1. The standard InChI is InChI=1S/C19H17N5O3/c20-7-13-5-17(18(24(26)27)6-14(13)8-21)22-9-12-4-15(11-22)16-2-1-3-19(25)23(16)10-12/h1-3,5-6,12,15,24,26H,4,9-11H2. The van der Waals surface area contributed by atoms with E-state index in [0.29, 0.717) is 25.3 Å². The molecule has 0 radical (unpaired) electrons. The number of hydrogen-bond donors (Lipinski definition) is 2. The highest BCUT2D eigenvalue weighted by Crippen LogP contribution is 2.39. The Labute approximate surface area is 155 Å². The molecule has 27 heavy (non-hydrogen) atoms. The summed E-state index contributed by atoms with van der Waals surface area (Å²) in [6.45, 7) is 1.77. The Morgan fingerprint density at radius 3 is 2.59 bits per heavy atom. The number of hydrogen-bond acceptors (Lipinski definition) is 6. The third-order valence-corrected chi connectivity index (χ3v) is 5.43. The summed E-state index contributed by atoms with van der Waals surface area (Å²) < 4.78 is 1.81. The van der Waals surface area contributed by atoms with Crippen LogP contribution in [0.15, 0.2) is 35.1 Å². The van der Waals surface area contributed by atoms with Gasteiger partial charge in [0.15, 0.2) is 5.69 Å². The summed E-state index contributed by atoms with van der Waals surface area (Å²) in [7, 11) is 0. The number of aromatic nitrogens is 1. The van der Waals surface area contributed by atoms with Gasteiger partial charge in [-0.3, -0.25) is 4.79 Å². The van der Waals surface area contributed by atoms with Crippen LogP contribution in [0.25, 0.3) is 0 Å². The molecule has 3 atom stereocenters. The van der Waals surface area contributed by atoms with E-state index in [1.807, 2.05) is 27.7 Å². The number of benzene rings is 1. The Morgan fingerprint density at radius 2 is 1.89 bits per heavy atom. The lowest BCUT2D eigenvalue weighted by Crippen LogP contribution is -2.99. The van der Waals surface area contributed by atoms with E-state index in [9.17, 15) is 25.7 Å². The summed E-state index contributed by atoms with van der Waals surface area (Å²) >= 11 is 0. The van der Waals surface area contributed by atoms with Gasteiger partial charge in [0.2, 0.25) is 0 Å². The predicted molar refractivity (Wildman–Crippen MR) is 95.4 cm³/mol. The fourth-order valence-corrected chi connectivity index (χ4v) is 4.30. The second-order valence-electron chi connectivity index (χ2n) is 7.05. The number of nitrogens with zero attached hydrogens (tertiary/aromatic N) is 4. The Balaban J connectivity index is 1.77. The van der Waals surface area contributed by atoms with Gasteiger partial charge >= 0.3 is 0 Å². The van der Waals surface area contributed by atoms with Gasteiger partial charge in [-0.05, 0) is 24.5 Å². The first-order valence-electron chi connectivity index (χ1n) is 8.68. The number of piperidine rings is 1. The minimum atomic E-state index is -1.13. The molecule has 4 rings (SSSR count). The molecule has 2 aliphatic heterocycles. The van der Waals surface area contributed by atoms with Crippen molar-refractivity contribution >= 4 is 11.4 Å². The summed E-state index contributed by atoms with van der Waals surface area (Å²) in [6.07, 6.45) is 0.948. The van der Waals surface area contributed by atoms with Gasteiger partial charge in [0.05, 0.1) is 11.1 Å². The Bertz CT molecular complexity index is 1050. The van der Waals surface area contributed by atoms with Gasteiger partial charge in [-0.15, -0.1) is 0 Å². The van der Waals surface area contributed by atoms with E-state index >= 15 is 0 Å². The largest absolute Gasteiger partial charge is 0.595 e. The maximum absolute atomic E-state index is 12.1. The summed E-state index contributed by atoms with van der Waals surface area (Å²) in [5.41, 5.74) is 1.68. The first-order valence-corrected chi connectivity index (χ1v) is 8.68. The number of pyridine rings is 1. The molecular formula is C19H17N5O3. The van der Waals surface area contributed by atoms with Crippen LogP contribution in [0.3, 0.4) is 0 Å². The molecule has 3 unspecified atom stereocenters. The molecule has 0 amide bonds. The van der Waals surface area contributed by atoms with Crippen molar-refractivity contribution in [2.75, 3.05) is 18.0 Å². The van der Waals surface area contributed by atoms with Crippen molar-refractivity contribution in [1.29, 1.82) is 10.5 Å². The monoisotopic (exact) mass is 363 g/mol. The number of rotatable bonds is 2. The molecule has 2 bridgehead atoms. The average molecular weight is 363 g/mol. The molecule has 1 saturated heterocycles. The lowest BCUT2D eigenvalue weighted by molar-refractivity contribution is -0.990. The minimum Gasteiger partial charge on any atom is -0.595 e. The van der Waals surface area contributed by atoms with Crippen LogP contribution in [0.1, 0.15) is 29.2 Å². The van der Waals surface area contributed by atoms with Crippen LogP contribution in [0.5, 0.6) is 0 Å². The Hall–Kier alpha value is -3.17. The number of nitriles is 2. The molecule has 1 aromatic carbocycles. The highest BCUT2D eigenvalue weighted by molar-refractivity contribution is 5.70. The molecule has 1 fully saturated rings. The lowest BCUT2D eigenvalue weighted by atomic mass is 9.82. The third kappa shape index (κ3) is 2.86. The SMILES string of the molecule is N#Cc1cc(N2CC3CC(C2)c2cccc(=O)n2C3)c([NH+]([O-])O)cc1C#N.